The molecule has 0 saturated carbocycles. The molecule has 2 aliphatic heterocycles. The van der Waals surface area contributed by atoms with Crippen molar-refractivity contribution in [2.75, 3.05) is 33.0 Å². The number of esters is 1. The fourth-order valence-electron chi connectivity index (χ4n) is 6.49. The van der Waals surface area contributed by atoms with Crippen LogP contribution in [0.4, 0.5) is 0 Å². The van der Waals surface area contributed by atoms with Crippen LogP contribution in [-0.4, -0.2) is 142 Å². The van der Waals surface area contributed by atoms with Gasteiger partial charge >= 0.3 is 5.97 Å². The number of unbranched alkanes of at least 4 members (excludes halogenated alkanes) is 15. The predicted octanol–water partition coefficient (Wildman–Crippen LogP) is 3.56. The predicted molar refractivity (Wildman–Crippen MR) is 201 cm³/mol. The van der Waals surface area contributed by atoms with Gasteiger partial charge in [-0.2, -0.15) is 0 Å². The number of allylic oxidation sites excluding steroid dienone is 2. The Balaban J connectivity index is 1.68. The average Bonchev–Trinajstić information content (AvgIpc) is 3.17. The third-order valence-electron chi connectivity index (χ3n) is 10.0. The zero-order valence-electron chi connectivity index (χ0n) is 33.0. The number of ether oxygens (including phenoxy) is 6. The zero-order valence-corrected chi connectivity index (χ0v) is 33.0. The van der Waals surface area contributed by atoms with E-state index in [4.69, 9.17) is 28.4 Å². The fourth-order valence-corrected chi connectivity index (χ4v) is 6.49. The molecule has 54 heavy (non-hydrogen) atoms. The molecule has 0 aliphatic carbocycles. The molecule has 318 valence electrons. The number of carbonyl (C=O) groups excluding carboxylic acids is 1. The standard InChI is InChI=1S/C40H74O14/c1-3-5-7-8-9-10-11-12-13-14-15-16-17-18-19-20-21-22-24-49-26-29(52-32(42)23-6-4-2)27-50-39-38(48)36(46)34(44)31(54-39)28-51-40-37(47)35(45)33(43)30(25-41)53-40/h12-13,29-31,33-41,43-48H,3-11,14-28H2,1-2H3/b13-12-. The molecule has 0 amide bonds. The Morgan fingerprint density at radius 3 is 1.67 bits per heavy atom. The largest absolute Gasteiger partial charge is 0.457 e. The Morgan fingerprint density at radius 2 is 1.09 bits per heavy atom. The monoisotopic (exact) mass is 779 g/mol. The van der Waals surface area contributed by atoms with E-state index in [1.54, 1.807) is 0 Å². The molecule has 0 aromatic rings. The second-order valence-corrected chi connectivity index (χ2v) is 14.8. The Hall–Kier alpha value is -1.27. The van der Waals surface area contributed by atoms with Crippen LogP contribution in [0.1, 0.15) is 136 Å². The molecule has 2 heterocycles. The zero-order chi connectivity index (χ0) is 39.6. The fraction of sp³-hybridized carbons (Fsp3) is 0.925. The van der Waals surface area contributed by atoms with Gasteiger partial charge in [0.15, 0.2) is 12.6 Å². The van der Waals surface area contributed by atoms with Crippen LogP contribution in [0.3, 0.4) is 0 Å². The third-order valence-corrected chi connectivity index (χ3v) is 10.0. The number of hydrogen-bond acceptors (Lipinski definition) is 14. The van der Waals surface area contributed by atoms with Gasteiger partial charge in [0.05, 0.1) is 26.4 Å². The lowest BCUT2D eigenvalue weighted by molar-refractivity contribution is -0.332. The quantitative estimate of drug-likeness (QED) is 0.0305. The molecule has 0 spiro atoms. The first kappa shape index (κ1) is 48.9. The Kier molecular flexibility index (Phi) is 27.1. The summed E-state index contributed by atoms with van der Waals surface area (Å²) in [4.78, 5) is 12.4. The molecule has 0 bridgehead atoms. The van der Waals surface area contributed by atoms with E-state index in [-0.39, 0.29) is 19.6 Å². The summed E-state index contributed by atoms with van der Waals surface area (Å²) < 4.78 is 33.6. The summed E-state index contributed by atoms with van der Waals surface area (Å²) in [7, 11) is 0. The Morgan fingerprint density at radius 1 is 0.593 bits per heavy atom. The lowest BCUT2D eigenvalue weighted by atomic mass is 9.98. The van der Waals surface area contributed by atoms with Crippen LogP contribution < -0.4 is 0 Å². The van der Waals surface area contributed by atoms with Crippen molar-refractivity contribution in [1.29, 1.82) is 0 Å². The van der Waals surface area contributed by atoms with Gasteiger partial charge in [0.1, 0.15) is 54.9 Å². The molecular formula is C40H74O14. The van der Waals surface area contributed by atoms with E-state index in [9.17, 15) is 40.5 Å². The molecule has 0 aromatic carbocycles. The van der Waals surface area contributed by atoms with Gasteiger partial charge in [-0.1, -0.05) is 103 Å². The van der Waals surface area contributed by atoms with E-state index in [1.165, 1.54) is 83.5 Å². The van der Waals surface area contributed by atoms with Crippen molar-refractivity contribution in [2.45, 2.75) is 203 Å². The van der Waals surface area contributed by atoms with Gasteiger partial charge in [-0.05, 0) is 38.5 Å². The highest BCUT2D eigenvalue weighted by atomic mass is 16.7. The molecule has 14 nitrogen and oxygen atoms in total. The normalized spacial score (nSPS) is 29.5. The number of hydrogen-bond donors (Lipinski definition) is 7. The minimum atomic E-state index is -1.70. The topological polar surface area (TPSA) is 214 Å². The molecule has 2 saturated heterocycles. The molecule has 0 aromatic heterocycles. The smallest absolute Gasteiger partial charge is 0.306 e. The van der Waals surface area contributed by atoms with Crippen LogP contribution in [0.25, 0.3) is 0 Å². The maximum Gasteiger partial charge on any atom is 0.306 e. The van der Waals surface area contributed by atoms with E-state index in [1.807, 2.05) is 6.92 Å². The van der Waals surface area contributed by atoms with Gasteiger partial charge in [0.2, 0.25) is 0 Å². The highest BCUT2D eigenvalue weighted by molar-refractivity contribution is 5.69. The second kappa shape index (κ2) is 29.9. The molecule has 2 fully saturated rings. The number of carbonyl (C=O) groups is 1. The summed E-state index contributed by atoms with van der Waals surface area (Å²) >= 11 is 0. The molecule has 11 atom stereocenters. The molecular weight excluding hydrogens is 704 g/mol. The first-order valence-corrected chi connectivity index (χ1v) is 20.8. The summed E-state index contributed by atoms with van der Waals surface area (Å²) in [5.74, 6) is -0.412. The van der Waals surface area contributed by atoms with Gasteiger partial charge in [0.25, 0.3) is 0 Å². The molecule has 0 radical (unpaired) electrons. The van der Waals surface area contributed by atoms with Crippen LogP contribution in [0.2, 0.25) is 0 Å². The summed E-state index contributed by atoms with van der Waals surface area (Å²) in [6.07, 6.45) is 9.97. The van der Waals surface area contributed by atoms with E-state index in [0.717, 1.165) is 25.7 Å². The molecule has 11 unspecified atom stereocenters. The molecule has 7 N–H and O–H groups in total. The summed E-state index contributed by atoms with van der Waals surface area (Å²) in [5, 5.41) is 71.3. The SMILES string of the molecule is CCCCCCCC/C=C\CCCCCCCCCCOCC(COC1OC(COC2OC(CO)C(O)C(O)C2O)C(O)C(O)C1O)OC(=O)CCCC. The lowest BCUT2D eigenvalue weighted by Gasteiger charge is -2.42. The van der Waals surface area contributed by atoms with Crippen molar-refractivity contribution in [1.82, 2.24) is 0 Å². The molecule has 14 heteroatoms. The summed E-state index contributed by atoms with van der Waals surface area (Å²) in [6.45, 7) is 3.40. The van der Waals surface area contributed by atoms with Crippen molar-refractivity contribution >= 4 is 5.97 Å². The van der Waals surface area contributed by atoms with E-state index < -0.39 is 86.7 Å². The molecule has 2 rings (SSSR count). The number of rotatable bonds is 31. The van der Waals surface area contributed by atoms with Crippen molar-refractivity contribution in [3.8, 4) is 0 Å². The van der Waals surface area contributed by atoms with Crippen molar-refractivity contribution in [3.05, 3.63) is 12.2 Å². The van der Waals surface area contributed by atoms with Crippen LogP contribution in [0.5, 0.6) is 0 Å². The molecule has 2 aliphatic rings. The minimum absolute atomic E-state index is 0.0584. The van der Waals surface area contributed by atoms with Gasteiger partial charge in [-0.15, -0.1) is 0 Å². The van der Waals surface area contributed by atoms with E-state index in [0.29, 0.717) is 13.0 Å². The summed E-state index contributed by atoms with van der Waals surface area (Å²) in [6, 6.07) is 0. The van der Waals surface area contributed by atoms with Crippen LogP contribution in [0.15, 0.2) is 12.2 Å². The van der Waals surface area contributed by atoms with Gasteiger partial charge in [-0.25, -0.2) is 0 Å². The van der Waals surface area contributed by atoms with E-state index in [2.05, 4.69) is 19.1 Å². The van der Waals surface area contributed by atoms with Crippen molar-refractivity contribution in [3.63, 3.8) is 0 Å². The Bertz CT molecular complexity index is 954. The summed E-state index contributed by atoms with van der Waals surface area (Å²) in [5.41, 5.74) is 0. The van der Waals surface area contributed by atoms with E-state index >= 15 is 0 Å². The Labute approximate surface area is 323 Å². The van der Waals surface area contributed by atoms with Crippen LogP contribution in [-0.2, 0) is 33.2 Å². The average molecular weight is 779 g/mol. The first-order valence-electron chi connectivity index (χ1n) is 20.8. The van der Waals surface area contributed by atoms with Crippen LogP contribution >= 0.6 is 0 Å². The lowest BCUT2D eigenvalue weighted by Crippen LogP contribution is -2.61. The third kappa shape index (κ3) is 19.3. The second-order valence-electron chi connectivity index (χ2n) is 14.8. The van der Waals surface area contributed by atoms with Crippen molar-refractivity contribution < 1.29 is 69.0 Å². The number of aliphatic hydroxyl groups excluding tert-OH is 7. The highest BCUT2D eigenvalue weighted by Gasteiger charge is 2.47. The van der Waals surface area contributed by atoms with Gasteiger partial charge in [0, 0.05) is 13.0 Å². The van der Waals surface area contributed by atoms with Gasteiger partial charge in [-0.3, -0.25) is 4.79 Å². The van der Waals surface area contributed by atoms with Crippen molar-refractivity contribution in [2.24, 2.45) is 0 Å². The van der Waals surface area contributed by atoms with Crippen LogP contribution in [0, 0.1) is 0 Å². The number of aliphatic hydroxyl groups is 7. The van der Waals surface area contributed by atoms with Gasteiger partial charge < -0.3 is 64.2 Å². The maximum absolute atomic E-state index is 12.4. The maximum atomic E-state index is 12.4. The highest BCUT2D eigenvalue weighted by Crippen LogP contribution is 2.26. The first-order chi connectivity index (χ1) is 26.1. The minimum Gasteiger partial charge on any atom is -0.457 e.